The lowest BCUT2D eigenvalue weighted by Gasteiger charge is -2.11. The number of rotatable bonds is 6. The van der Waals surface area contributed by atoms with Crippen molar-refractivity contribution in [3.63, 3.8) is 0 Å². The molecule has 128 valence electrons. The molecule has 24 heavy (non-hydrogen) atoms. The van der Waals surface area contributed by atoms with E-state index in [1.807, 2.05) is 10.7 Å². The Morgan fingerprint density at radius 3 is 2.79 bits per heavy atom. The highest BCUT2D eigenvalue weighted by molar-refractivity contribution is 7.84. The van der Waals surface area contributed by atoms with Crippen molar-refractivity contribution in [2.24, 2.45) is 5.92 Å². The van der Waals surface area contributed by atoms with Gasteiger partial charge in [0, 0.05) is 40.1 Å². The average molecular weight is 345 g/mol. The second-order valence-electron chi connectivity index (χ2n) is 6.73. The Hall–Kier alpha value is -1.95. The molecule has 1 aromatic heterocycles. The largest absolute Gasteiger partial charge is 0.322 e. The van der Waals surface area contributed by atoms with Gasteiger partial charge in [-0.1, -0.05) is 19.9 Å². The SMILES string of the molecule is CC(C)Cn1ncc(C(=O)Nc2cccc([S@@](C)=O)c2)c1C1CC1. The minimum Gasteiger partial charge on any atom is -0.322 e. The molecule has 1 heterocycles. The fourth-order valence-corrected chi connectivity index (χ4v) is 3.36. The van der Waals surface area contributed by atoms with Crippen molar-refractivity contribution in [3.8, 4) is 0 Å². The molecule has 0 saturated heterocycles. The van der Waals surface area contributed by atoms with Gasteiger partial charge in [0.15, 0.2) is 0 Å². The van der Waals surface area contributed by atoms with Crippen molar-refractivity contribution in [3.05, 3.63) is 41.7 Å². The molecule has 0 unspecified atom stereocenters. The van der Waals surface area contributed by atoms with Gasteiger partial charge >= 0.3 is 0 Å². The monoisotopic (exact) mass is 345 g/mol. The summed E-state index contributed by atoms with van der Waals surface area (Å²) in [6.45, 7) is 5.12. The molecule has 1 saturated carbocycles. The highest BCUT2D eigenvalue weighted by Crippen LogP contribution is 2.42. The van der Waals surface area contributed by atoms with Gasteiger partial charge in [0.25, 0.3) is 5.91 Å². The Labute approximate surface area is 144 Å². The number of carbonyl (C=O) groups is 1. The van der Waals surface area contributed by atoms with Crippen LogP contribution in [-0.2, 0) is 17.3 Å². The number of benzene rings is 1. The van der Waals surface area contributed by atoms with Gasteiger partial charge in [0.05, 0.1) is 17.5 Å². The second kappa shape index (κ2) is 6.89. The first-order valence-electron chi connectivity index (χ1n) is 8.26. The number of hydrogen-bond donors (Lipinski definition) is 1. The van der Waals surface area contributed by atoms with Crippen LogP contribution in [0.25, 0.3) is 0 Å². The molecule has 3 rings (SSSR count). The Kier molecular flexibility index (Phi) is 4.85. The molecule has 0 aliphatic heterocycles. The van der Waals surface area contributed by atoms with Gasteiger partial charge in [-0.2, -0.15) is 5.10 Å². The highest BCUT2D eigenvalue weighted by atomic mass is 32.2. The Morgan fingerprint density at radius 2 is 2.17 bits per heavy atom. The molecule has 6 heteroatoms. The molecule has 1 amide bonds. The summed E-state index contributed by atoms with van der Waals surface area (Å²) in [4.78, 5) is 13.4. The van der Waals surface area contributed by atoms with Crippen molar-refractivity contribution in [1.82, 2.24) is 9.78 Å². The van der Waals surface area contributed by atoms with Crippen LogP contribution in [0, 0.1) is 5.92 Å². The zero-order chi connectivity index (χ0) is 17.3. The van der Waals surface area contributed by atoms with Gasteiger partial charge in [-0.15, -0.1) is 0 Å². The molecule has 0 radical (unpaired) electrons. The molecular weight excluding hydrogens is 322 g/mol. The summed E-state index contributed by atoms with van der Waals surface area (Å²) in [6, 6.07) is 7.16. The molecule has 1 aliphatic carbocycles. The van der Waals surface area contributed by atoms with Gasteiger partial charge in [0.1, 0.15) is 0 Å². The van der Waals surface area contributed by atoms with Crippen molar-refractivity contribution >= 4 is 22.4 Å². The first-order valence-corrected chi connectivity index (χ1v) is 9.82. The Morgan fingerprint density at radius 1 is 1.42 bits per heavy atom. The van der Waals surface area contributed by atoms with Crippen molar-refractivity contribution in [2.45, 2.75) is 44.0 Å². The third kappa shape index (κ3) is 3.75. The topological polar surface area (TPSA) is 64.0 Å². The third-order valence-electron chi connectivity index (χ3n) is 4.05. The Balaban J connectivity index is 1.84. The number of anilines is 1. The fourth-order valence-electron chi connectivity index (χ4n) is 2.80. The maximum absolute atomic E-state index is 12.7. The van der Waals surface area contributed by atoms with Gasteiger partial charge in [-0.3, -0.25) is 13.7 Å². The van der Waals surface area contributed by atoms with Crippen LogP contribution in [0.1, 0.15) is 48.7 Å². The van der Waals surface area contributed by atoms with E-state index in [-0.39, 0.29) is 5.91 Å². The third-order valence-corrected chi connectivity index (χ3v) is 4.97. The lowest BCUT2D eigenvalue weighted by Crippen LogP contribution is -2.16. The van der Waals surface area contributed by atoms with Crippen LogP contribution < -0.4 is 5.32 Å². The van der Waals surface area contributed by atoms with Crippen LogP contribution in [0.3, 0.4) is 0 Å². The first-order chi connectivity index (χ1) is 11.5. The maximum Gasteiger partial charge on any atom is 0.259 e. The van der Waals surface area contributed by atoms with E-state index in [1.165, 1.54) is 0 Å². The van der Waals surface area contributed by atoms with Crippen molar-refractivity contribution < 1.29 is 9.00 Å². The average Bonchev–Trinajstić information content (AvgIpc) is 3.28. The normalized spacial score (nSPS) is 15.5. The summed E-state index contributed by atoms with van der Waals surface area (Å²) < 4.78 is 13.6. The van der Waals surface area contributed by atoms with Crippen molar-refractivity contribution in [1.29, 1.82) is 0 Å². The quantitative estimate of drug-likeness (QED) is 0.872. The molecule has 1 aromatic carbocycles. The van der Waals surface area contributed by atoms with Crippen LogP contribution in [0.15, 0.2) is 35.4 Å². The minimum atomic E-state index is -1.07. The number of amides is 1. The van der Waals surface area contributed by atoms with E-state index in [1.54, 1.807) is 30.7 Å². The van der Waals surface area contributed by atoms with Crippen LogP contribution in [0.4, 0.5) is 5.69 Å². The van der Waals surface area contributed by atoms with E-state index in [0.717, 1.165) is 25.1 Å². The molecule has 0 spiro atoms. The zero-order valence-corrected chi connectivity index (χ0v) is 15.1. The van der Waals surface area contributed by atoms with Crippen molar-refractivity contribution in [2.75, 3.05) is 11.6 Å². The maximum atomic E-state index is 12.7. The van der Waals surface area contributed by atoms with Gasteiger partial charge in [-0.05, 0) is 37.0 Å². The van der Waals surface area contributed by atoms with Crippen LogP contribution in [0.5, 0.6) is 0 Å². The summed E-state index contributed by atoms with van der Waals surface area (Å²) in [5, 5.41) is 7.35. The van der Waals surface area contributed by atoms with E-state index in [2.05, 4.69) is 24.3 Å². The molecule has 2 aromatic rings. The van der Waals surface area contributed by atoms with Crippen LogP contribution in [-0.4, -0.2) is 26.2 Å². The summed E-state index contributed by atoms with van der Waals surface area (Å²) >= 11 is 0. The summed E-state index contributed by atoms with van der Waals surface area (Å²) in [7, 11) is -1.07. The Bertz CT molecular complexity index is 778. The van der Waals surface area contributed by atoms with E-state index in [9.17, 15) is 9.00 Å². The summed E-state index contributed by atoms with van der Waals surface area (Å²) in [5.74, 6) is 0.780. The van der Waals surface area contributed by atoms with Gasteiger partial charge in [-0.25, -0.2) is 0 Å². The van der Waals surface area contributed by atoms with E-state index < -0.39 is 10.8 Å². The lowest BCUT2D eigenvalue weighted by molar-refractivity contribution is 0.102. The molecular formula is C18H23N3O2S. The van der Waals surface area contributed by atoms with Gasteiger partial charge in [0.2, 0.25) is 0 Å². The molecule has 1 aliphatic rings. The van der Waals surface area contributed by atoms with Crippen LogP contribution in [0.2, 0.25) is 0 Å². The number of nitrogens with zero attached hydrogens (tertiary/aromatic N) is 2. The predicted octanol–water partition coefficient (Wildman–Crippen LogP) is 3.41. The molecule has 1 N–H and O–H groups in total. The molecule has 5 nitrogen and oxygen atoms in total. The lowest BCUT2D eigenvalue weighted by atomic mass is 10.1. The fraction of sp³-hybridized carbons (Fsp3) is 0.444. The minimum absolute atomic E-state index is 0.147. The second-order valence-corrected chi connectivity index (χ2v) is 8.11. The number of hydrogen-bond acceptors (Lipinski definition) is 3. The molecule has 1 fully saturated rings. The standard InChI is InChI=1S/C18H23N3O2S/c1-12(2)11-21-17(13-7-8-13)16(10-19-21)18(22)20-14-5-4-6-15(9-14)24(3)23/h4-6,9-10,12-13H,7-8,11H2,1-3H3,(H,20,22)/t24-/m1/s1. The molecule has 0 bridgehead atoms. The smallest absolute Gasteiger partial charge is 0.259 e. The first kappa shape index (κ1) is 16.9. The van der Waals surface area contributed by atoms with Gasteiger partial charge < -0.3 is 5.32 Å². The number of carbonyl (C=O) groups excluding carboxylic acids is 1. The predicted molar refractivity (Wildman–Crippen MR) is 95.8 cm³/mol. The zero-order valence-electron chi connectivity index (χ0n) is 14.3. The number of nitrogens with one attached hydrogen (secondary N) is 1. The summed E-state index contributed by atoms with van der Waals surface area (Å²) in [6.07, 6.45) is 5.54. The van der Waals surface area contributed by atoms with E-state index >= 15 is 0 Å². The number of aromatic nitrogens is 2. The van der Waals surface area contributed by atoms with Crippen LogP contribution >= 0.6 is 0 Å². The van der Waals surface area contributed by atoms with E-state index in [4.69, 9.17) is 0 Å². The van der Waals surface area contributed by atoms with E-state index in [0.29, 0.717) is 28.0 Å². The summed E-state index contributed by atoms with van der Waals surface area (Å²) in [5.41, 5.74) is 2.36. The highest BCUT2D eigenvalue weighted by Gasteiger charge is 2.32. The molecule has 1 atom stereocenters.